The molecule has 2 aliphatic carbocycles. The third-order valence-corrected chi connectivity index (χ3v) is 4.84. The quantitative estimate of drug-likeness (QED) is 0.700. The van der Waals surface area contributed by atoms with Gasteiger partial charge >= 0.3 is 12.0 Å². The average molecular weight is 282 g/mol. The molecule has 5 nitrogen and oxygen atoms in total. The number of rotatable bonds is 6. The molecular weight excluding hydrogens is 256 g/mol. The summed E-state index contributed by atoms with van der Waals surface area (Å²) in [5.74, 6) is -0.153. The zero-order chi connectivity index (χ0) is 14.4. The predicted octanol–water partition coefficient (Wildman–Crippen LogP) is 2.51. The van der Waals surface area contributed by atoms with E-state index in [-0.39, 0.29) is 17.9 Å². The molecular formula is C15H26N2O3. The van der Waals surface area contributed by atoms with Gasteiger partial charge in [-0.05, 0) is 37.0 Å². The van der Waals surface area contributed by atoms with Crippen molar-refractivity contribution in [1.29, 1.82) is 0 Å². The first kappa shape index (κ1) is 15.1. The Morgan fingerprint density at radius 3 is 2.30 bits per heavy atom. The van der Waals surface area contributed by atoms with Crippen LogP contribution in [0.25, 0.3) is 0 Å². The first-order valence-electron chi connectivity index (χ1n) is 7.83. The first-order valence-corrected chi connectivity index (χ1v) is 7.83. The molecule has 2 fully saturated rings. The Balaban J connectivity index is 1.65. The molecule has 0 aromatic rings. The Morgan fingerprint density at radius 2 is 1.75 bits per heavy atom. The predicted molar refractivity (Wildman–Crippen MR) is 76.5 cm³/mol. The third kappa shape index (κ3) is 4.39. The summed E-state index contributed by atoms with van der Waals surface area (Å²) < 4.78 is 0. The molecule has 114 valence electrons. The highest BCUT2D eigenvalue weighted by Crippen LogP contribution is 2.43. The topological polar surface area (TPSA) is 78.4 Å². The van der Waals surface area contributed by atoms with Crippen LogP contribution in [-0.2, 0) is 4.79 Å². The Bertz CT molecular complexity index is 347. The van der Waals surface area contributed by atoms with Crippen LogP contribution < -0.4 is 10.6 Å². The Morgan fingerprint density at radius 1 is 1.05 bits per heavy atom. The van der Waals surface area contributed by atoms with Crippen LogP contribution in [0.5, 0.6) is 0 Å². The van der Waals surface area contributed by atoms with Gasteiger partial charge in [0.1, 0.15) is 0 Å². The molecule has 0 radical (unpaired) electrons. The van der Waals surface area contributed by atoms with Gasteiger partial charge in [0.05, 0.1) is 6.42 Å². The number of hydrogen-bond donors (Lipinski definition) is 3. The second-order valence-corrected chi connectivity index (χ2v) is 6.49. The normalized spacial score (nSPS) is 21.8. The maximum Gasteiger partial charge on any atom is 0.314 e. The van der Waals surface area contributed by atoms with E-state index in [1.54, 1.807) is 0 Å². The van der Waals surface area contributed by atoms with Gasteiger partial charge in [-0.25, -0.2) is 4.79 Å². The van der Waals surface area contributed by atoms with Crippen molar-refractivity contribution in [2.45, 2.75) is 57.8 Å². The van der Waals surface area contributed by atoms with E-state index in [0.29, 0.717) is 12.5 Å². The molecule has 0 atom stereocenters. The molecule has 2 amide bonds. The van der Waals surface area contributed by atoms with E-state index in [1.165, 1.54) is 32.1 Å². The smallest absolute Gasteiger partial charge is 0.314 e. The van der Waals surface area contributed by atoms with Crippen molar-refractivity contribution in [3.8, 4) is 0 Å². The van der Waals surface area contributed by atoms with Gasteiger partial charge in [-0.15, -0.1) is 0 Å². The lowest BCUT2D eigenvalue weighted by Gasteiger charge is -2.40. The lowest BCUT2D eigenvalue weighted by Crippen LogP contribution is -2.47. The van der Waals surface area contributed by atoms with Crippen LogP contribution in [0.15, 0.2) is 0 Å². The van der Waals surface area contributed by atoms with E-state index in [4.69, 9.17) is 5.11 Å². The number of carboxylic acid groups (broad SMARTS) is 1. The third-order valence-electron chi connectivity index (χ3n) is 4.84. The molecule has 0 bridgehead atoms. The first-order chi connectivity index (χ1) is 9.60. The molecule has 2 rings (SSSR count). The summed E-state index contributed by atoms with van der Waals surface area (Å²) in [6.45, 7) is 1.23. The molecule has 0 aromatic heterocycles. The molecule has 0 heterocycles. The fraction of sp³-hybridized carbons (Fsp3) is 0.867. The molecule has 0 aromatic carbocycles. The van der Waals surface area contributed by atoms with E-state index < -0.39 is 5.97 Å². The number of carboxylic acids is 1. The number of carbonyl (C=O) groups excluding carboxylic acids is 1. The van der Waals surface area contributed by atoms with Crippen LogP contribution in [0.1, 0.15) is 57.8 Å². The molecule has 0 unspecified atom stereocenters. The van der Waals surface area contributed by atoms with Crippen molar-refractivity contribution >= 4 is 12.0 Å². The van der Waals surface area contributed by atoms with Gasteiger partial charge < -0.3 is 15.7 Å². The highest BCUT2D eigenvalue weighted by Gasteiger charge is 2.39. The molecule has 2 saturated carbocycles. The monoisotopic (exact) mass is 282 g/mol. The maximum absolute atomic E-state index is 11.8. The van der Waals surface area contributed by atoms with Gasteiger partial charge in [-0.3, -0.25) is 4.79 Å². The molecule has 0 aliphatic heterocycles. The highest BCUT2D eigenvalue weighted by molar-refractivity contribution is 5.74. The van der Waals surface area contributed by atoms with Crippen LogP contribution in [0.3, 0.4) is 0 Å². The fourth-order valence-electron chi connectivity index (χ4n) is 3.37. The molecule has 0 spiro atoms. The van der Waals surface area contributed by atoms with Crippen molar-refractivity contribution in [1.82, 2.24) is 10.6 Å². The van der Waals surface area contributed by atoms with Crippen LogP contribution in [0.4, 0.5) is 4.79 Å². The van der Waals surface area contributed by atoms with E-state index in [9.17, 15) is 9.59 Å². The van der Waals surface area contributed by atoms with Crippen LogP contribution >= 0.6 is 0 Å². The van der Waals surface area contributed by atoms with E-state index in [2.05, 4.69) is 10.6 Å². The summed E-state index contributed by atoms with van der Waals surface area (Å²) in [6.07, 6.45) is 9.33. The second-order valence-electron chi connectivity index (χ2n) is 6.49. The highest BCUT2D eigenvalue weighted by atomic mass is 16.4. The molecule has 2 aliphatic rings. The van der Waals surface area contributed by atoms with Gasteiger partial charge in [0.25, 0.3) is 0 Å². The number of amides is 2. The summed E-state index contributed by atoms with van der Waals surface area (Å²) in [5.41, 5.74) is -0.200. The number of aliphatic carboxylic acids is 1. The zero-order valence-electron chi connectivity index (χ0n) is 12.1. The van der Waals surface area contributed by atoms with Crippen LogP contribution in [0.2, 0.25) is 0 Å². The minimum absolute atomic E-state index is 0.146. The lowest BCUT2D eigenvalue weighted by atomic mass is 9.66. The van der Waals surface area contributed by atoms with E-state index in [1.807, 2.05) is 0 Å². The molecule has 3 N–H and O–H groups in total. The minimum atomic E-state index is -0.769. The van der Waals surface area contributed by atoms with Gasteiger partial charge in [-0.1, -0.05) is 25.7 Å². The fourth-order valence-corrected chi connectivity index (χ4v) is 3.37. The van der Waals surface area contributed by atoms with Crippen molar-refractivity contribution in [3.05, 3.63) is 0 Å². The van der Waals surface area contributed by atoms with Crippen molar-refractivity contribution in [2.24, 2.45) is 11.3 Å². The summed E-state index contributed by atoms with van der Waals surface area (Å²) in [4.78, 5) is 22.6. The summed E-state index contributed by atoms with van der Waals surface area (Å²) >= 11 is 0. The van der Waals surface area contributed by atoms with Crippen molar-refractivity contribution < 1.29 is 14.7 Å². The van der Waals surface area contributed by atoms with Crippen molar-refractivity contribution in [3.63, 3.8) is 0 Å². The molecule has 0 saturated heterocycles. The van der Waals surface area contributed by atoms with Crippen molar-refractivity contribution in [2.75, 3.05) is 13.1 Å². The van der Waals surface area contributed by atoms with E-state index in [0.717, 1.165) is 25.8 Å². The van der Waals surface area contributed by atoms with Gasteiger partial charge in [0.2, 0.25) is 0 Å². The van der Waals surface area contributed by atoms with Gasteiger partial charge in [0, 0.05) is 13.1 Å². The Labute approximate surface area is 120 Å². The zero-order valence-corrected chi connectivity index (χ0v) is 12.1. The largest absolute Gasteiger partial charge is 0.481 e. The van der Waals surface area contributed by atoms with Gasteiger partial charge in [0.15, 0.2) is 0 Å². The Hall–Kier alpha value is -1.26. The Kier molecular flexibility index (Phi) is 5.26. The van der Waals surface area contributed by atoms with Crippen LogP contribution in [-0.4, -0.2) is 30.2 Å². The summed E-state index contributed by atoms with van der Waals surface area (Å²) in [6, 6.07) is -0.146. The summed E-state index contributed by atoms with van der Waals surface area (Å²) in [7, 11) is 0. The number of carbonyl (C=O) groups is 2. The van der Waals surface area contributed by atoms with Gasteiger partial charge in [-0.2, -0.15) is 0 Å². The number of hydrogen-bond acceptors (Lipinski definition) is 2. The standard InChI is InChI=1S/C15H26N2O3/c18-13(19)9-15(7-4-8-15)11-17-14(20)16-10-12-5-2-1-3-6-12/h12H,1-11H2,(H,18,19)(H2,16,17,20). The summed E-state index contributed by atoms with van der Waals surface area (Å²) in [5, 5.41) is 14.7. The maximum atomic E-state index is 11.8. The van der Waals surface area contributed by atoms with E-state index >= 15 is 0 Å². The number of urea groups is 1. The lowest BCUT2D eigenvalue weighted by molar-refractivity contribution is -0.141. The van der Waals surface area contributed by atoms with Crippen LogP contribution in [0, 0.1) is 11.3 Å². The SMILES string of the molecule is O=C(O)CC1(CNC(=O)NCC2CCCCC2)CCC1. The molecule has 20 heavy (non-hydrogen) atoms. The number of nitrogens with one attached hydrogen (secondary N) is 2. The minimum Gasteiger partial charge on any atom is -0.481 e. The second kappa shape index (κ2) is 6.95. The average Bonchev–Trinajstić information content (AvgIpc) is 2.40. The molecule has 5 heteroatoms.